The zero-order valence-electron chi connectivity index (χ0n) is 16.6. The van der Waals surface area contributed by atoms with Crippen LogP contribution in [-0.2, 0) is 15.8 Å². The summed E-state index contributed by atoms with van der Waals surface area (Å²) in [5.41, 5.74) is 1.42. The van der Waals surface area contributed by atoms with Crippen LogP contribution >= 0.6 is 11.8 Å². The molecule has 3 aromatic heterocycles. The molecule has 1 aromatic carbocycles. The predicted molar refractivity (Wildman–Crippen MR) is 115 cm³/mol. The third kappa shape index (κ3) is 4.21. The highest BCUT2D eigenvalue weighted by molar-refractivity contribution is 7.98. The number of hydrogen-bond acceptors (Lipinski definition) is 8. The number of nitrogens with zero attached hydrogens (tertiary/aromatic N) is 6. The number of fused-ring (bicyclic) bond motifs is 1. The summed E-state index contributed by atoms with van der Waals surface area (Å²) in [5, 5.41) is 8.57. The first-order chi connectivity index (χ1) is 15.1. The smallest absolute Gasteiger partial charge is 0.277 e. The van der Waals surface area contributed by atoms with Crippen LogP contribution < -0.4 is 0 Å². The molecule has 31 heavy (non-hydrogen) atoms. The maximum absolute atomic E-state index is 13.0. The van der Waals surface area contributed by atoms with Crippen LogP contribution in [0.15, 0.2) is 63.5 Å². The molecule has 0 amide bonds. The van der Waals surface area contributed by atoms with Gasteiger partial charge in [-0.2, -0.15) is 4.31 Å². The van der Waals surface area contributed by atoms with Gasteiger partial charge in [0.15, 0.2) is 0 Å². The lowest BCUT2D eigenvalue weighted by Crippen LogP contribution is -2.35. The Balaban J connectivity index is 1.32. The van der Waals surface area contributed by atoms with Gasteiger partial charge >= 0.3 is 0 Å². The number of thioether (sulfide) groups is 1. The van der Waals surface area contributed by atoms with Gasteiger partial charge in [0.05, 0.1) is 10.6 Å². The molecular formula is C20H20N6O3S2. The van der Waals surface area contributed by atoms with Crippen LogP contribution in [0.25, 0.3) is 17.2 Å². The first-order valence-corrected chi connectivity index (χ1v) is 12.4. The average Bonchev–Trinajstić information content (AvgIpc) is 3.45. The third-order valence-electron chi connectivity index (χ3n) is 5.07. The molecule has 1 aliphatic heterocycles. The monoisotopic (exact) mass is 456 g/mol. The Bertz CT molecular complexity index is 1280. The number of sulfonamides is 1. The fourth-order valence-electron chi connectivity index (χ4n) is 3.51. The standard InChI is InChI=1S/C20H20N6O3S2/c27-31(28,26-10-2-1-3-11-26)17-7-4-6-15(12-17)18-23-24-20(29-18)30-14-16-13-25-9-5-8-21-19(25)22-16/h4-9,12-13H,1-3,10-11,14H2. The highest BCUT2D eigenvalue weighted by Gasteiger charge is 2.26. The second-order valence-corrected chi connectivity index (χ2v) is 10.1. The normalized spacial score (nSPS) is 15.5. The fourth-order valence-corrected chi connectivity index (χ4v) is 5.72. The summed E-state index contributed by atoms with van der Waals surface area (Å²) in [7, 11) is -3.52. The highest BCUT2D eigenvalue weighted by Crippen LogP contribution is 2.28. The van der Waals surface area contributed by atoms with Crippen molar-refractivity contribution in [1.82, 2.24) is 28.9 Å². The minimum atomic E-state index is -3.52. The summed E-state index contributed by atoms with van der Waals surface area (Å²) in [5.74, 6) is 1.47. The van der Waals surface area contributed by atoms with Crippen LogP contribution in [0.3, 0.4) is 0 Å². The van der Waals surface area contributed by atoms with Crippen LogP contribution in [0.1, 0.15) is 25.0 Å². The molecule has 160 valence electrons. The van der Waals surface area contributed by atoms with E-state index >= 15 is 0 Å². The summed E-state index contributed by atoms with van der Waals surface area (Å²) >= 11 is 1.37. The molecule has 0 aliphatic carbocycles. The predicted octanol–water partition coefficient (Wildman–Crippen LogP) is 3.25. The number of piperidine rings is 1. The largest absolute Gasteiger partial charge is 0.411 e. The van der Waals surface area contributed by atoms with Crippen molar-refractivity contribution in [3.63, 3.8) is 0 Å². The first kappa shape index (κ1) is 20.2. The van der Waals surface area contributed by atoms with E-state index in [0.29, 0.717) is 35.4 Å². The number of hydrogen-bond donors (Lipinski definition) is 0. The molecule has 0 unspecified atom stereocenters. The SMILES string of the molecule is O=S(=O)(c1cccc(-c2nnc(SCc3cn4cccnc4n3)o2)c1)N1CCCCC1. The molecule has 0 atom stereocenters. The van der Waals surface area contributed by atoms with Crippen LogP contribution in [-0.4, -0.2) is 50.4 Å². The van der Waals surface area contributed by atoms with Crippen LogP contribution in [0.4, 0.5) is 0 Å². The average molecular weight is 457 g/mol. The van der Waals surface area contributed by atoms with Crippen molar-refractivity contribution in [2.45, 2.75) is 35.1 Å². The van der Waals surface area contributed by atoms with E-state index in [9.17, 15) is 8.42 Å². The molecule has 1 fully saturated rings. The molecule has 0 spiro atoms. The van der Waals surface area contributed by atoms with Crippen molar-refractivity contribution >= 4 is 27.6 Å². The zero-order chi connectivity index (χ0) is 21.3. The Hall–Kier alpha value is -2.76. The lowest BCUT2D eigenvalue weighted by atomic mass is 10.2. The van der Waals surface area contributed by atoms with Gasteiger partial charge < -0.3 is 4.42 Å². The fraction of sp³-hybridized carbons (Fsp3) is 0.300. The number of aromatic nitrogens is 5. The van der Waals surface area contributed by atoms with E-state index in [1.807, 2.05) is 22.9 Å². The topological polar surface area (TPSA) is 106 Å². The molecule has 0 radical (unpaired) electrons. The van der Waals surface area contributed by atoms with Crippen molar-refractivity contribution in [2.24, 2.45) is 0 Å². The number of rotatable bonds is 6. The molecule has 5 rings (SSSR count). The zero-order valence-corrected chi connectivity index (χ0v) is 18.2. The van der Waals surface area contributed by atoms with Gasteiger partial charge in [-0.15, -0.1) is 10.2 Å². The highest BCUT2D eigenvalue weighted by atomic mass is 32.2. The molecule has 4 aromatic rings. The maximum Gasteiger partial charge on any atom is 0.277 e. The second-order valence-electron chi connectivity index (χ2n) is 7.21. The molecule has 0 N–H and O–H groups in total. The van der Waals surface area contributed by atoms with Crippen molar-refractivity contribution in [2.75, 3.05) is 13.1 Å². The molecule has 9 nitrogen and oxygen atoms in total. The molecule has 0 bridgehead atoms. The Kier molecular flexibility index (Phi) is 5.47. The van der Waals surface area contributed by atoms with Gasteiger partial charge in [-0.3, -0.25) is 4.40 Å². The lowest BCUT2D eigenvalue weighted by Gasteiger charge is -2.25. The summed E-state index contributed by atoms with van der Waals surface area (Å²) in [6.45, 7) is 1.12. The van der Waals surface area contributed by atoms with Crippen molar-refractivity contribution in [3.05, 3.63) is 54.6 Å². The summed E-state index contributed by atoms with van der Waals surface area (Å²) in [6, 6.07) is 8.52. The summed E-state index contributed by atoms with van der Waals surface area (Å²) < 4.78 is 35.1. The Morgan fingerprint density at radius 2 is 1.97 bits per heavy atom. The van der Waals surface area contributed by atoms with E-state index in [2.05, 4.69) is 20.2 Å². The van der Waals surface area contributed by atoms with Crippen LogP contribution in [0.5, 0.6) is 0 Å². The number of imidazole rings is 1. The van der Waals surface area contributed by atoms with Crippen LogP contribution in [0, 0.1) is 0 Å². The van der Waals surface area contributed by atoms with E-state index in [-0.39, 0.29) is 10.8 Å². The molecule has 4 heterocycles. The van der Waals surface area contributed by atoms with Crippen molar-refractivity contribution in [3.8, 4) is 11.5 Å². The second kappa shape index (κ2) is 8.40. The van der Waals surface area contributed by atoms with Gasteiger partial charge in [-0.05, 0) is 37.1 Å². The van der Waals surface area contributed by atoms with Crippen molar-refractivity contribution in [1.29, 1.82) is 0 Å². The Morgan fingerprint density at radius 1 is 1.10 bits per heavy atom. The van der Waals surface area contributed by atoms with Gasteiger partial charge in [-0.25, -0.2) is 18.4 Å². The van der Waals surface area contributed by atoms with E-state index in [0.717, 1.165) is 25.0 Å². The maximum atomic E-state index is 13.0. The van der Waals surface area contributed by atoms with E-state index in [4.69, 9.17) is 4.42 Å². The lowest BCUT2D eigenvalue weighted by molar-refractivity contribution is 0.346. The minimum absolute atomic E-state index is 0.247. The van der Waals surface area contributed by atoms with Gasteiger partial charge in [0, 0.05) is 43.0 Å². The molecule has 0 saturated carbocycles. The van der Waals surface area contributed by atoms with Gasteiger partial charge in [0.1, 0.15) is 0 Å². The minimum Gasteiger partial charge on any atom is -0.411 e. The third-order valence-corrected chi connectivity index (χ3v) is 7.82. The molecule has 1 aliphatic rings. The quantitative estimate of drug-likeness (QED) is 0.407. The Morgan fingerprint density at radius 3 is 2.81 bits per heavy atom. The van der Waals surface area contributed by atoms with Gasteiger partial charge in [-0.1, -0.05) is 24.2 Å². The Labute approximate surface area is 183 Å². The summed E-state index contributed by atoms with van der Waals surface area (Å²) in [6.07, 6.45) is 8.35. The van der Waals surface area contributed by atoms with E-state index in [1.165, 1.54) is 11.8 Å². The van der Waals surface area contributed by atoms with Crippen molar-refractivity contribution < 1.29 is 12.8 Å². The molecule has 11 heteroatoms. The molecule has 1 saturated heterocycles. The van der Waals surface area contributed by atoms with E-state index < -0.39 is 10.0 Å². The van der Waals surface area contributed by atoms with E-state index in [1.54, 1.807) is 34.8 Å². The summed E-state index contributed by atoms with van der Waals surface area (Å²) in [4.78, 5) is 8.89. The molecular weight excluding hydrogens is 436 g/mol. The first-order valence-electron chi connectivity index (χ1n) is 9.95. The van der Waals surface area contributed by atoms with Gasteiger partial charge in [0.25, 0.3) is 5.22 Å². The van der Waals surface area contributed by atoms with Gasteiger partial charge in [0.2, 0.25) is 21.7 Å². The van der Waals surface area contributed by atoms with Crippen LogP contribution in [0.2, 0.25) is 0 Å². The number of benzene rings is 1.